The molecule has 1 aromatic carbocycles. The summed E-state index contributed by atoms with van der Waals surface area (Å²) in [6.07, 6.45) is 7.86. The summed E-state index contributed by atoms with van der Waals surface area (Å²) < 4.78 is 3.33. The Hall–Kier alpha value is -4.02. The number of hydrogen-bond donors (Lipinski definition) is 2. The van der Waals surface area contributed by atoms with Gasteiger partial charge in [-0.15, -0.1) is 0 Å². The van der Waals surface area contributed by atoms with E-state index in [1.54, 1.807) is 22.5 Å². The van der Waals surface area contributed by atoms with Crippen molar-refractivity contribution >= 4 is 28.4 Å². The molecule has 2 bridgehead atoms. The van der Waals surface area contributed by atoms with Gasteiger partial charge in [-0.05, 0) is 76.2 Å². The minimum atomic E-state index is -1.09. The predicted molar refractivity (Wildman–Crippen MR) is 153 cm³/mol. The van der Waals surface area contributed by atoms with Crippen LogP contribution in [0.4, 0.5) is 17.3 Å². The molecule has 10 nitrogen and oxygen atoms in total. The van der Waals surface area contributed by atoms with Gasteiger partial charge in [0.2, 0.25) is 5.95 Å². The first-order valence-electron chi connectivity index (χ1n) is 13.5. The number of fused-ring (bicyclic) bond motifs is 6. The zero-order chi connectivity index (χ0) is 27.0. The Morgan fingerprint density at radius 2 is 1.85 bits per heavy atom. The molecule has 2 N–H and O–H groups in total. The molecule has 5 heterocycles. The van der Waals surface area contributed by atoms with Crippen molar-refractivity contribution in [3.63, 3.8) is 0 Å². The van der Waals surface area contributed by atoms with Gasteiger partial charge in [-0.1, -0.05) is 18.2 Å². The van der Waals surface area contributed by atoms with Gasteiger partial charge in [0.1, 0.15) is 11.0 Å². The van der Waals surface area contributed by atoms with Crippen LogP contribution in [0.15, 0.2) is 65.6 Å². The maximum Gasteiger partial charge on any atom is 0.278 e. The number of aromatic nitrogens is 5. The van der Waals surface area contributed by atoms with Crippen molar-refractivity contribution in [2.75, 3.05) is 43.4 Å². The first-order valence-corrected chi connectivity index (χ1v) is 13.5. The van der Waals surface area contributed by atoms with E-state index in [1.165, 1.54) is 5.69 Å². The van der Waals surface area contributed by atoms with Crippen LogP contribution in [-0.4, -0.2) is 67.5 Å². The lowest BCUT2D eigenvalue weighted by atomic mass is 9.95. The summed E-state index contributed by atoms with van der Waals surface area (Å²) in [5, 5.41) is 14.7. The van der Waals surface area contributed by atoms with E-state index in [0.717, 1.165) is 38.3 Å². The summed E-state index contributed by atoms with van der Waals surface area (Å²) in [4.78, 5) is 32.1. The van der Waals surface area contributed by atoms with Crippen molar-refractivity contribution in [3.05, 3.63) is 76.9 Å². The highest BCUT2D eigenvalue weighted by atomic mass is 16.3. The molecular weight excluding hydrogens is 492 g/mol. The van der Waals surface area contributed by atoms with E-state index in [-0.39, 0.29) is 5.56 Å². The molecule has 2 aliphatic heterocycles. The summed E-state index contributed by atoms with van der Waals surface area (Å²) in [6, 6.07) is 13.8. The summed E-state index contributed by atoms with van der Waals surface area (Å²) >= 11 is 0. The Balaban J connectivity index is 1.35. The van der Waals surface area contributed by atoms with Crippen LogP contribution in [0, 0.1) is 0 Å². The average molecular weight is 527 g/mol. The Morgan fingerprint density at radius 1 is 1.00 bits per heavy atom. The molecule has 10 heteroatoms. The molecule has 4 aromatic rings. The quantitative estimate of drug-likeness (QED) is 0.392. The Kier molecular flexibility index (Phi) is 6.66. The van der Waals surface area contributed by atoms with E-state index in [2.05, 4.69) is 39.3 Å². The largest absolute Gasteiger partial charge is 0.384 e. The molecule has 2 aliphatic rings. The van der Waals surface area contributed by atoms with Crippen LogP contribution in [0.5, 0.6) is 0 Å². The highest BCUT2D eigenvalue weighted by Crippen LogP contribution is 2.27. The summed E-state index contributed by atoms with van der Waals surface area (Å²) in [7, 11) is 2.17. The lowest BCUT2D eigenvalue weighted by Crippen LogP contribution is -2.28. The maximum atomic E-state index is 13.4. The molecular formula is C29H34N8O2. The van der Waals surface area contributed by atoms with Crippen LogP contribution in [0.2, 0.25) is 0 Å². The second-order valence-corrected chi connectivity index (χ2v) is 10.6. The van der Waals surface area contributed by atoms with Crippen molar-refractivity contribution in [2.24, 2.45) is 0 Å². The lowest BCUT2D eigenvalue weighted by molar-refractivity contribution is 0.0443. The highest BCUT2D eigenvalue weighted by Gasteiger charge is 2.26. The van der Waals surface area contributed by atoms with Crippen LogP contribution in [0.3, 0.4) is 0 Å². The molecule has 1 unspecified atom stereocenters. The zero-order valence-electron chi connectivity index (χ0n) is 22.4. The second-order valence-electron chi connectivity index (χ2n) is 10.6. The number of nitrogens with zero attached hydrogens (tertiary/aromatic N) is 7. The molecule has 0 aliphatic carbocycles. The molecule has 1 atom stereocenters. The topological polar surface area (TPSA) is 104 Å². The maximum absolute atomic E-state index is 13.4. The minimum absolute atomic E-state index is 0.188. The summed E-state index contributed by atoms with van der Waals surface area (Å²) in [6.45, 7) is 6.37. The SMILES string of the molecule is CN1CCCN(c2ccc(Nc3ncc4c(=O)n5n(c4n3)-c3cccc(n3)C(C)(O)CC/C=C\C5)cc2)CC1. The van der Waals surface area contributed by atoms with Gasteiger partial charge in [0, 0.05) is 37.2 Å². The van der Waals surface area contributed by atoms with Gasteiger partial charge in [0.15, 0.2) is 11.5 Å². The molecule has 1 fully saturated rings. The van der Waals surface area contributed by atoms with Crippen LogP contribution >= 0.6 is 0 Å². The van der Waals surface area contributed by atoms with Crippen molar-refractivity contribution in [1.29, 1.82) is 0 Å². The number of anilines is 3. The van der Waals surface area contributed by atoms with E-state index in [9.17, 15) is 9.90 Å². The fourth-order valence-corrected chi connectivity index (χ4v) is 5.30. The van der Waals surface area contributed by atoms with Gasteiger partial charge in [-0.2, -0.15) is 4.98 Å². The smallest absolute Gasteiger partial charge is 0.278 e. The molecule has 0 spiro atoms. The first kappa shape index (κ1) is 25.3. The average Bonchev–Trinajstić information content (AvgIpc) is 3.05. The van der Waals surface area contributed by atoms with E-state index in [1.807, 2.05) is 42.5 Å². The number of likely N-dealkylation sites (N-methyl/N-ethyl adjacent to an activating group) is 1. The van der Waals surface area contributed by atoms with Gasteiger partial charge < -0.3 is 20.2 Å². The van der Waals surface area contributed by atoms with E-state index >= 15 is 0 Å². The van der Waals surface area contributed by atoms with Crippen LogP contribution < -0.4 is 15.8 Å². The third kappa shape index (κ3) is 5.05. The van der Waals surface area contributed by atoms with Crippen LogP contribution in [0.1, 0.15) is 31.9 Å². The van der Waals surface area contributed by atoms with Crippen LogP contribution in [0.25, 0.3) is 16.9 Å². The van der Waals surface area contributed by atoms with Crippen molar-refractivity contribution in [3.8, 4) is 5.82 Å². The van der Waals surface area contributed by atoms with E-state index in [0.29, 0.717) is 47.9 Å². The van der Waals surface area contributed by atoms with E-state index < -0.39 is 5.60 Å². The highest BCUT2D eigenvalue weighted by molar-refractivity contribution is 5.77. The number of pyridine rings is 1. The fraction of sp³-hybridized carbons (Fsp3) is 0.379. The van der Waals surface area contributed by atoms with Crippen molar-refractivity contribution in [1.82, 2.24) is 29.2 Å². The number of hydrogen-bond acceptors (Lipinski definition) is 8. The van der Waals surface area contributed by atoms with E-state index in [4.69, 9.17) is 9.97 Å². The zero-order valence-corrected chi connectivity index (χ0v) is 22.4. The fourth-order valence-electron chi connectivity index (χ4n) is 5.30. The number of benzene rings is 1. The molecule has 202 valence electrons. The number of allylic oxidation sites excluding steroid dienone is 2. The summed E-state index contributed by atoms with van der Waals surface area (Å²) in [5.41, 5.74) is 1.80. The molecule has 3 aromatic heterocycles. The molecule has 0 saturated carbocycles. The third-order valence-corrected chi connectivity index (χ3v) is 7.63. The molecule has 39 heavy (non-hydrogen) atoms. The van der Waals surface area contributed by atoms with Crippen molar-refractivity contribution in [2.45, 2.75) is 38.3 Å². The minimum Gasteiger partial charge on any atom is -0.384 e. The molecule has 6 rings (SSSR count). The van der Waals surface area contributed by atoms with Gasteiger partial charge in [-0.25, -0.2) is 19.3 Å². The van der Waals surface area contributed by atoms with Crippen LogP contribution in [-0.2, 0) is 12.1 Å². The lowest BCUT2D eigenvalue weighted by Gasteiger charge is -2.23. The summed E-state index contributed by atoms with van der Waals surface area (Å²) in [5.74, 6) is 0.910. The Morgan fingerprint density at radius 3 is 2.69 bits per heavy atom. The second kappa shape index (κ2) is 10.3. The van der Waals surface area contributed by atoms with Gasteiger partial charge in [-0.3, -0.25) is 4.79 Å². The Labute approximate surface area is 227 Å². The normalized spacial score (nSPS) is 21.2. The molecule has 0 amide bonds. The number of nitrogens with one attached hydrogen (secondary N) is 1. The third-order valence-electron chi connectivity index (χ3n) is 7.63. The van der Waals surface area contributed by atoms with Gasteiger partial charge >= 0.3 is 0 Å². The monoisotopic (exact) mass is 526 g/mol. The first-order chi connectivity index (χ1) is 18.9. The van der Waals surface area contributed by atoms with Gasteiger partial charge in [0.05, 0.1) is 12.2 Å². The molecule has 0 radical (unpaired) electrons. The Bertz CT molecular complexity index is 1570. The predicted octanol–water partition coefficient (Wildman–Crippen LogP) is 3.42. The van der Waals surface area contributed by atoms with Crippen molar-refractivity contribution < 1.29 is 5.11 Å². The number of rotatable bonds is 3. The standard InChI is InChI=1S/C29H34N8O2/c1-29(39)14-4-3-5-17-36-27(38)23-20-30-28(33-26(23)37(36)25-9-6-8-24(29)32-25)31-21-10-12-22(13-11-21)35-16-7-15-34(2)18-19-35/h3,5-6,8-13,20,39H,4,7,14-19H2,1-2H3,(H,30,31,33)/b5-3-. The number of aliphatic hydroxyl groups is 1. The van der Waals surface area contributed by atoms with Gasteiger partial charge in [0.25, 0.3) is 5.56 Å². The molecule has 1 saturated heterocycles.